The molecule has 39 heavy (non-hydrogen) atoms. The minimum atomic E-state index is -0.702. The van der Waals surface area contributed by atoms with Gasteiger partial charge in [-0.2, -0.15) is 0 Å². The minimum absolute atomic E-state index is 0.0717. The molecule has 0 saturated heterocycles. The molecule has 0 aliphatic heterocycles. The second-order valence-electron chi connectivity index (χ2n) is 13.4. The molecular formula is C35H54O4. The summed E-state index contributed by atoms with van der Waals surface area (Å²) in [7, 11) is 1.73. The van der Waals surface area contributed by atoms with Crippen LogP contribution >= 0.6 is 0 Å². The SMILES string of the molecule is C=C(Cc1ccccc1)C(C)C(C(=O)C1(C)C[C@H](OC(C)(C)CCCCOC)C[C@H]1C(C)=O)C1CCCCC1. The van der Waals surface area contributed by atoms with Crippen LogP contribution in [-0.2, 0) is 25.5 Å². The van der Waals surface area contributed by atoms with Crippen molar-refractivity contribution >= 4 is 11.6 Å². The monoisotopic (exact) mass is 538 g/mol. The molecule has 2 fully saturated rings. The Balaban J connectivity index is 1.82. The molecule has 1 aromatic carbocycles. The first kappa shape index (κ1) is 31.7. The van der Waals surface area contributed by atoms with Crippen molar-refractivity contribution in [3.63, 3.8) is 0 Å². The van der Waals surface area contributed by atoms with Gasteiger partial charge < -0.3 is 9.47 Å². The number of ether oxygens (including phenoxy) is 2. The number of ketones is 2. The van der Waals surface area contributed by atoms with Crippen molar-refractivity contribution < 1.29 is 19.1 Å². The van der Waals surface area contributed by atoms with Crippen LogP contribution in [0.4, 0.5) is 0 Å². The summed E-state index contributed by atoms with van der Waals surface area (Å²) >= 11 is 0. The standard InChI is InChI=1S/C35H54O4/c1-25(22-28-16-10-8-11-17-28)26(2)32(29-18-12-9-13-19-29)33(37)35(6)24-30(23-31(35)27(3)36)39-34(4,5)20-14-15-21-38-7/h8,10-11,16-17,26,29-32H,1,9,12-15,18-24H2,2-7H3/t26?,30-,31+,32?,35?/m1/s1. The van der Waals surface area contributed by atoms with Crippen molar-refractivity contribution in [1.29, 1.82) is 0 Å². The van der Waals surface area contributed by atoms with Crippen LogP contribution in [0.25, 0.3) is 0 Å². The highest BCUT2D eigenvalue weighted by Gasteiger charge is 2.55. The molecule has 2 aliphatic rings. The summed E-state index contributed by atoms with van der Waals surface area (Å²) in [6.45, 7) is 15.5. The zero-order valence-electron chi connectivity index (χ0n) is 25.6. The van der Waals surface area contributed by atoms with Gasteiger partial charge in [-0.3, -0.25) is 9.59 Å². The second-order valence-corrected chi connectivity index (χ2v) is 13.4. The lowest BCUT2D eigenvalue weighted by Gasteiger charge is -2.40. The van der Waals surface area contributed by atoms with Crippen LogP contribution in [0.2, 0.25) is 0 Å². The summed E-state index contributed by atoms with van der Waals surface area (Å²) in [5, 5.41) is 0. The van der Waals surface area contributed by atoms with E-state index in [4.69, 9.17) is 9.47 Å². The predicted octanol–water partition coefficient (Wildman–Crippen LogP) is 8.17. The molecule has 5 atom stereocenters. The molecule has 3 unspecified atom stereocenters. The van der Waals surface area contributed by atoms with Crippen molar-refractivity contribution in [2.24, 2.45) is 29.1 Å². The molecule has 3 rings (SSSR count). The van der Waals surface area contributed by atoms with Gasteiger partial charge in [0.1, 0.15) is 11.6 Å². The van der Waals surface area contributed by atoms with E-state index in [-0.39, 0.29) is 41.0 Å². The Bertz CT molecular complexity index is 945. The topological polar surface area (TPSA) is 52.6 Å². The summed E-state index contributed by atoms with van der Waals surface area (Å²) in [5.41, 5.74) is 1.36. The first-order valence-corrected chi connectivity index (χ1v) is 15.4. The van der Waals surface area contributed by atoms with Gasteiger partial charge in [-0.1, -0.05) is 75.6 Å². The average Bonchev–Trinajstić information content (AvgIpc) is 3.24. The van der Waals surface area contributed by atoms with E-state index < -0.39 is 5.41 Å². The quantitative estimate of drug-likeness (QED) is 0.167. The van der Waals surface area contributed by atoms with Gasteiger partial charge in [0.05, 0.1) is 11.7 Å². The highest BCUT2D eigenvalue weighted by atomic mass is 16.5. The Morgan fingerprint density at radius 2 is 1.77 bits per heavy atom. The summed E-state index contributed by atoms with van der Waals surface area (Å²) in [6, 6.07) is 10.4. The molecule has 0 heterocycles. The number of unbranched alkanes of at least 4 members (excludes halogenated alkanes) is 1. The normalized spacial score (nSPS) is 25.8. The highest BCUT2D eigenvalue weighted by molar-refractivity contribution is 5.94. The van der Waals surface area contributed by atoms with Gasteiger partial charge in [-0.25, -0.2) is 0 Å². The van der Waals surface area contributed by atoms with Gasteiger partial charge in [0.25, 0.3) is 0 Å². The van der Waals surface area contributed by atoms with E-state index in [1.165, 1.54) is 24.8 Å². The van der Waals surface area contributed by atoms with E-state index in [0.717, 1.165) is 50.7 Å². The smallest absolute Gasteiger partial charge is 0.143 e. The molecule has 0 N–H and O–H groups in total. The second kappa shape index (κ2) is 14.2. The van der Waals surface area contributed by atoms with Gasteiger partial charge in [-0.05, 0) is 89.5 Å². The van der Waals surface area contributed by atoms with Crippen LogP contribution in [0.5, 0.6) is 0 Å². The number of hydrogen-bond donors (Lipinski definition) is 0. The van der Waals surface area contributed by atoms with E-state index in [2.05, 4.69) is 58.5 Å². The Morgan fingerprint density at radius 3 is 2.38 bits per heavy atom. The van der Waals surface area contributed by atoms with E-state index in [1.54, 1.807) is 14.0 Å². The van der Waals surface area contributed by atoms with Gasteiger partial charge in [-0.15, -0.1) is 0 Å². The number of benzene rings is 1. The molecule has 4 nitrogen and oxygen atoms in total. The molecule has 0 aromatic heterocycles. The number of carbonyl (C=O) groups is 2. The molecule has 2 aliphatic carbocycles. The number of Topliss-reactive ketones (excluding diaryl/α,β-unsaturated/α-hetero) is 2. The van der Waals surface area contributed by atoms with Crippen molar-refractivity contribution in [2.45, 2.75) is 117 Å². The summed E-state index contributed by atoms with van der Waals surface area (Å²) in [4.78, 5) is 27.8. The van der Waals surface area contributed by atoms with Crippen molar-refractivity contribution in [3.05, 3.63) is 48.0 Å². The Morgan fingerprint density at radius 1 is 1.10 bits per heavy atom. The number of allylic oxidation sites excluding steroid dienone is 1. The molecular weight excluding hydrogens is 484 g/mol. The maximum atomic E-state index is 14.8. The molecule has 0 radical (unpaired) electrons. The van der Waals surface area contributed by atoms with Crippen molar-refractivity contribution in [1.82, 2.24) is 0 Å². The van der Waals surface area contributed by atoms with Gasteiger partial charge in [0, 0.05) is 31.0 Å². The highest BCUT2D eigenvalue weighted by Crippen LogP contribution is 2.51. The zero-order valence-corrected chi connectivity index (χ0v) is 25.6. The predicted molar refractivity (Wildman–Crippen MR) is 160 cm³/mol. The Labute approximate surface area is 238 Å². The third-order valence-corrected chi connectivity index (χ3v) is 9.75. The summed E-state index contributed by atoms with van der Waals surface area (Å²) in [6.07, 6.45) is 10.7. The molecule has 0 spiro atoms. The fourth-order valence-corrected chi connectivity index (χ4v) is 7.50. The van der Waals surface area contributed by atoms with E-state index in [1.807, 2.05) is 6.07 Å². The van der Waals surface area contributed by atoms with Crippen LogP contribution in [0.1, 0.15) is 104 Å². The number of rotatable bonds is 15. The van der Waals surface area contributed by atoms with Crippen molar-refractivity contribution in [2.75, 3.05) is 13.7 Å². The fraction of sp³-hybridized carbons (Fsp3) is 0.714. The number of hydrogen-bond acceptors (Lipinski definition) is 4. The first-order valence-electron chi connectivity index (χ1n) is 15.4. The molecule has 0 bridgehead atoms. The molecule has 218 valence electrons. The van der Waals surface area contributed by atoms with Crippen LogP contribution < -0.4 is 0 Å². The molecule has 1 aromatic rings. The van der Waals surface area contributed by atoms with Crippen LogP contribution in [0.15, 0.2) is 42.5 Å². The minimum Gasteiger partial charge on any atom is -0.385 e. The van der Waals surface area contributed by atoms with Crippen LogP contribution in [-0.4, -0.2) is 37.0 Å². The van der Waals surface area contributed by atoms with Crippen LogP contribution in [0.3, 0.4) is 0 Å². The third kappa shape index (κ3) is 8.36. The first-order chi connectivity index (χ1) is 18.5. The van der Waals surface area contributed by atoms with E-state index in [0.29, 0.717) is 18.8 Å². The van der Waals surface area contributed by atoms with E-state index >= 15 is 0 Å². The fourth-order valence-electron chi connectivity index (χ4n) is 7.50. The summed E-state index contributed by atoms with van der Waals surface area (Å²) < 4.78 is 11.9. The van der Waals surface area contributed by atoms with Gasteiger partial charge >= 0.3 is 0 Å². The lowest BCUT2D eigenvalue weighted by atomic mass is 9.62. The average molecular weight is 539 g/mol. The maximum absolute atomic E-state index is 14.8. The third-order valence-electron chi connectivity index (χ3n) is 9.75. The van der Waals surface area contributed by atoms with Gasteiger partial charge in [0.15, 0.2) is 0 Å². The maximum Gasteiger partial charge on any atom is 0.143 e. The largest absolute Gasteiger partial charge is 0.385 e. The van der Waals surface area contributed by atoms with Crippen molar-refractivity contribution in [3.8, 4) is 0 Å². The molecule has 0 amide bonds. The molecule has 4 heteroatoms. The summed E-state index contributed by atoms with van der Waals surface area (Å²) in [5.74, 6) is 0.431. The lowest BCUT2D eigenvalue weighted by molar-refractivity contribution is -0.142. The molecule has 2 saturated carbocycles. The van der Waals surface area contributed by atoms with E-state index in [9.17, 15) is 9.59 Å². The number of carbonyl (C=O) groups excluding carboxylic acids is 2. The Kier molecular flexibility index (Phi) is 11.6. The zero-order chi connectivity index (χ0) is 28.6. The van der Waals surface area contributed by atoms with Crippen LogP contribution in [0, 0.1) is 29.1 Å². The van der Waals surface area contributed by atoms with Gasteiger partial charge in [0.2, 0.25) is 0 Å². The number of methoxy groups -OCH3 is 1. The lowest BCUT2D eigenvalue weighted by Crippen LogP contribution is -2.45. The Hall–Kier alpha value is -1.78.